The van der Waals surface area contributed by atoms with Gasteiger partial charge < -0.3 is 10.2 Å². The van der Waals surface area contributed by atoms with Crippen LogP contribution in [-0.4, -0.2) is 29.2 Å². The zero-order chi connectivity index (χ0) is 19.9. The molecule has 1 aromatic carbocycles. The standard InChI is InChI=1S/C20H26N4O2S2/c1-24(2)12-15-9-10-18(27-15)28(21,26)23-20(25)22-19-16-7-3-5-13(16)11-14-6-4-8-17(14)19/h9-11H,3-8,12H2,1-2H3,(H3,21,22,23,25,26). The molecule has 0 saturated carbocycles. The maximum atomic E-state index is 12.9. The van der Waals surface area contributed by atoms with E-state index in [9.17, 15) is 9.00 Å². The molecule has 1 heterocycles. The molecule has 4 rings (SSSR count). The second-order valence-electron chi connectivity index (χ2n) is 7.78. The fourth-order valence-corrected chi connectivity index (χ4v) is 6.59. The summed E-state index contributed by atoms with van der Waals surface area (Å²) in [6.07, 6.45) is 6.26. The molecule has 1 unspecified atom stereocenters. The third-order valence-corrected chi connectivity index (χ3v) is 8.30. The molecule has 150 valence electrons. The van der Waals surface area contributed by atoms with Gasteiger partial charge in [-0.05, 0) is 87.0 Å². The first-order valence-electron chi connectivity index (χ1n) is 9.59. The Labute approximate surface area is 170 Å². The number of amides is 2. The van der Waals surface area contributed by atoms with Crippen molar-refractivity contribution in [2.45, 2.75) is 49.3 Å². The molecule has 6 nitrogen and oxygen atoms in total. The van der Waals surface area contributed by atoms with E-state index in [2.05, 4.69) is 15.7 Å². The molecule has 0 radical (unpaired) electrons. The van der Waals surface area contributed by atoms with Crippen molar-refractivity contribution in [1.82, 2.24) is 4.90 Å². The van der Waals surface area contributed by atoms with Crippen LogP contribution >= 0.6 is 11.3 Å². The van der Waals surface area contributed by atoms with E-state index in [0.29, 0.717) is 4.21 Å². The number of rotatable bonds is 4. The zero-order valence-corrected chi connectivity index (χ0v) is 17.9. The van der Waals surface area contributed by atoms with E-state index in [-0.39, 0.29) is 0 Å². The Morgan fingerprint density at radius 1 is 1.18 bits per heavy atom. The molecule has 0 fully saturated rings. The van der Waals surface area contributed by atoms with Gasteiger partial charge in [0.2, 0.25) is 0 Å². The molecule has 0 bridgehead atoms. The summed E-state index contributed by atoms with van der Waals surface area (Å²) in [7, 11) is 0.672. The van der Waals surface area contributed by atoms with Crippen LogP contribution in [0.4, 0.5) is 10.5 Å². The van der Waals surface area contributed by atoms with Crippen molar-refractivity contribution in [2.24, 2.45) is 9.50 Å². The maximum Gasteiger partial charge on any atom is 0.354 e. The minimum absolute atomic E-state index is 0.433. The summed E-state index contributed by atoms with van der Waals surface area (Å²) in [6.45, 7) is 0.731. The van der Waals surface area contributed by atoms with E-state index in [0.717, 1.165) is 55.6 Å². The van der Waals surface area contributed by atoms with Crippen LogP contribution in [0.1, 0.15) is 40.0 Å². The second-order valence-corrected chi connectivity index (χ2v) is 11.0. The fourth-order valence-electron chi connectivity index (χ4n) is 4.18. The SMILES string of the molecule is CN(C)Cc1ccc(S(N)(=O)=NC(=O)Nc2c3c(cc4c2CCC4)CCC3)s1. The molecule has 2 aliphatic rings. The van der Waals surface area contributed by atoms with Crippen molar-refractivity contribution >= 4 is 33.0 Å². The summed E-state index contributed by atoms with van der Waals surface area (Å²) in [6, 6.07) is 5.28. The highest BCUT2D eigenvalue weighted by molar-refractivity contribution is 7.93. The first kappa shape index (κ1) is 19.6. The number of thiophene rings is 1. The van der Waals surface area contributed by atoms with Gasteiger partial charge in [0.05, 0.1) is 0 Å². The van der Waals surface area contributed by atoms with E-state index in [1.807, 2.05) is 25.1 Å². The van der Waals surface area contributed by atoms with Crippen molar-refractivity contribution in [3.05, 3.63) is 45.3 Å². The average Bonchev–Trinajstić information content (AvgIpc) is 3.32. The molecule has 0 saturated heterocycles. The Morgan fingerprint density at radius 2 is 1.82 bits per heavy atom. The smallest absolute Gasteiger partial charge is 0.305 e. The second kappa shape index (κ2) is 7.59. The van der Waals surface area contributed by atoms with Gasteiger partial charge in [0.15, 0.2) is 9.92 Å². The minimum atomic E-state index is -3.26. The van der Waals surface area contributed by atoms with Crippen LogP contribution in [0.5, 0.6) is 0 Å². The lowest BCUT2D eigenvalue weighted by Gasteiger charge is -2.15. The number of hydrogen-bond acceptors (Lipinski definition) is 4. The lowest BCUT2D eigenvalue weighted by atomic mass is 9.99. The van der Waals surface area contributed by atoms with Gasteiger partial charge >= 0.3 is 6.03 Å². The Hall–Kier alpha value is -1.74. The predicted octanol–water partition coefficient (Wildman–Crippen LogP) is 3.72. The van der Waals surface area contributed by atoms with Crippen LogP contribution in [0.3, 0.4) is 0 Å². The number of nitrogens with zero attached hydrogens (tertiary/aromatic N) is 2. The van der Waals surface area contributed by atoms with Gasteiger partial charge in [-0.25, -0.2) is 14.1 Å². The van der Waals surface area contributed by atoms with Crippen molar-refractivity contribution in [1.29, 1.82) is 0 Å². The number of anilines is 1. The highest BCUT2D eigenvalue weighted by Gasteiger charge is 2.25. The van der Waals surface area contributed by atoms with Crippen LogP contribution in [0.15, 0.2) is 26.8 Å². The van der Waals surface area contributed by atoms with Crippen LogP contribution in [-0.2, 0) is 42.1 Å². The van der Waals surface area contributed by atoms with Crippen molar-refractivity contribution < 1.29 is 9.00 Å². The number of aryl methyl sites for hydroxylation is 2. The molecule has 1 atom stereocenters. The van der Waals surface area contributed by atoms with Crippen LogP contribution in [0.25, 0.3) is 0 Å². The third-order valence-electron chi connectivity index (χ3n) is 5.32. The number of benzene rings is 1. The number of hydrogen-bond donors (Lipinski definition) is 2. The first-order valence-corrected chi connectivity index (χ1v) is 12.0. The summed E-state index contributed by atoms with van der Waals surface area (Å²) in [5, 5.41) is 8.90. The summed E-state index contributed by atoms with van der Waals surface area (Å²) in [5.74, 6) is 0. The molecule has 1 aromatic heterocycles. The Bertz CT molecular complexity index is 1020. The minimum Gasteiger partial charge on any atom is -0.305 e. The summed E-state index contributed by atoms with van der Waals surface area (Å²) >= 11 is 1.34. The van der Waals surface area contributed by atoms with Gasteiger partial charge in [-0.15, -0.1) is 15.7 Å². The molecule has 0 aliphatic heterocycles. The van der Waals surface area contributed by atoms with E-state index in [1.54, 1.807) is 6.07 Å². The number of carbonyl (C=O) groups is 1. The maximum absolute atomic E-state index is 12.9. The van der Waals surface area contributed by atoms with Crippen molar-refractivity contribution in [2.75, 3.05) is 19.4 Å². The van der Waals surface area contributed by atoms with Gasteiger partial charge in [-0.2, -0.15) is 0 Å². The highest BCUT2D eigenvalue weighted by atomic mass is 32.2. The molecule has 8 heteroatoms. The summed E-state index contributed by atoms with van der Waals surface area (Å²) in [5.41, 5.74) is 5.99. The van der Waals surface area contributed by atoms with Crippen LogP contribution in [0, 0.1) is 0 Å². The average molecular weight is 419 g/mol. The monoisotopic (exact) mass is 418 g/mol. The number of urea groups is 1. The van der Waals surface area contributed by atoms with E-state index in [4.69, 9.17) is 5.14 Å². The number of fused-ring (bicyclic) bond motifs is 2. The van der Waals surface area contributed by atoms with Gasteiger partial charge in [0.25, 0.3) is 0 Å². The summed E-state index contributed by atoms with van der Waals surface area (Å²) < 4.78 is 17.2. The molecule has 3 N–H and O–H groups in total. The van der Waals surface area contributed by atoms with Gasteiger partial charge in [0, 0.05) is 17.1 Å². The van der Waals surface area contributed by atoms with E-state index < -0.39 is 15.9 Å². The molecule has 28 heavy (non-hydrogen) atoms. The molecule has 2 aromatic rings. The third kappa shape index (κ3) is 3.87. The van der Waals surface area contributed by atoms with Crippen molar-refractivity contribution in [3.8, 4) is 0 Å². The lowest BCUT2D eigenvalue weighted by Crippen LogP contribution is -2.18. The predicted molar refractivity (Wildman–Crippen MR) is 114 cm³/mol. The fraction of sp³-hybridized carbons (Fsp3) is 0.450. The van der Waals surface area contributed by atoms with E-state index >= 15 is 0 Å². The Kier molecular flexibility index (Phi) is 5.30. The molecular formula is C20H26N4O2S2. The van der Waals surface area contributed by atoms with Gasteiger partial charge in [0.1, 0.15) is 4.21 Å². The van der Waals surface area contributed by atoms with Gasteiger partial charge in [-0.1, -0.05) is 6.07 Å². The molecule has 2 amide bonds. The molecule has 2 aliphatic carbocycles. The normalized spacial score (nSPS) is 17.3. The first-order chi connectivity index (χ1) is 13.3. The Morgan fingerprint density at radius 3 is 2.43 bits per heavy atom. The number of carbonyl (C=O) groups excluding carboxylic acids is 1. The van der Waals surface area contributed by atoms with E-state index in [1.165, 1.54) is 33.6 Å². The number of nitrogens with one attached hydrogen (secondary N) is 1. The number of nitrogens with two attached hydrogens (primary N) is 1. The largest absolute Gasteiger partial charge is 0.354 e. The molecule has 0 spiro atoms. The van der Waals surface area contributed by atoms with Gasteiger partial charge in [-0.3, -0.25) is 0 Å². The summed E-state index contributed by atoms with van der Waals surface area (Å²) in [4.78, 5) is 15.7. The zero-order valence-electron chi connectivity index (χ0n) is 16.3. The van der Waals surface area contributed by atoms with Crippen LogP contribution in [0.2, 0.25) is 0 Å². The topological polar surface area (TPSA) is 87.8 Å². The highest BCUT2D eigenvalue weighted by Crippen LogP contribution is 2.38. The van der Waals surface area contributed by atoms with Crippen LogP contribution < -0.4 is 10.5 Å². The molecular weight excluding hydrogens is 392 g/mol. The Balaban J connectivity index is 1.61. The van der Waals surface area contributed by atoms with Crippen molar-refractivity contribution in [3.63, 3.8) is 0 Å². The lowest BCUT2D eigenvalue weighted by molar-refractivity contribution is 0.260. The quantitative estimate of drug-likeness (QED) is 0.793.